The van der Waals surface area contributed by atoms with E-state index in [2.05, 4.69) is 9.88 Å². The van der Waals surface area contributed by atoms with Gasteiger partial charge in [0, 0.05) is 38.4 Å². The van der Waals surface area contributed by atoms with Crippen LogP contribution in [0.1, 0.15) is 18.7 Å². The van der Waals surface area contributed by atoms with Crippen molar-refractivity contribution in [3.63, 3.8) is 0 Å². The molecule has 0 aromatic carbocycles. The molecule has 6 nitrogen and oxygen atoms in total. The van der Waals surface area contributed by atoms with Gasteiger partial charge >= 0.3 is 0 Å². The first-order valence-corrected chi connectivity index (χ1v) is 8.60. The van der Waals surface area contributed by atoms with Crippen LogP contribution in [0, 0.1) is 0 Å². The van der Waals surface area contributed by atoms with E-state index < -0.39 is 10.0 Å². The molecule has 1 aromatic rings. The summed E-state index contributed by atoms with van der Waals surface area (Å²) in [6.07, 6.45) is 3.02. The van der Waals surface area contributed by atoms with E-state index in [4.69, 9.17) is 5.73 Å². The zero-order valence-corrected chi connectivity index (χ0v) is 12.8. The lowest BCUT2D eigenvalue weighted by molar-refractivity contribution is 0.121. The Morgan fingerprint density at radius 1 is 1.25 bits per heavy atom. The maximum absolute atomic E-state index is 11.5. The zero-order chi connectivity index (χ0) is 14.8. The third kappa shape index (κ3) is 3.54. The molecule has 0 radical (unpaired) electrons. The Labute approximate surface area is 120 Å². The minimum absolute atomic E-state index is 0.0258. The Morgan fingerprint density at radius 3 is 2.35 bits per heavy atom. The van der Waals surface area contributed by atoms with E-state index in [-0.39, 0.29) is 12.1 Å². The van der Waals surface area contributed by atoms with Crippen LogP contribution in [-0.4, -0.2) is 61.1 Å². The first-order chi connectivity index (χ1) is 9.39. The predicted octanol–water partition coefficient (Wildman–Crippen LogP) is 0.0471. The molecule has 1 aromatic heterocycles. The maximum Gasteiger partial charge on any atom is 0.211 e. The number of hydrogen-bond donors (Lipinski definition) is 1. The second-order valence-corrected chi connectivity index (χ2v) is 7.24. The van der Waals surface area contributed by atoms with Crippen LogP contribution in [0.15, 0.2) is 24.4 Å². The molecule has 112 valence electrons. The summed E-state index contributed by atoms with van der Waals surface area (Å²) in [5.74, 6) is 0. The minimum atomic E-state index is -3.10. The lowest BCUT2D eigenvalue weighted by Crippen LogP contribution is -2.52. The lowest BCUT2D eigenvalue weighted by atomic mass is 10.0. The van der Waals surface area contributed by atoms with Crippen molar-refractivity contribution >= 4 is 10.0 Å². The summed E-state index contributed by atoms with van der Waals surface area (Å²) in [5, 5.41) is 0. The van der Waals surface area contributed by atoms with Gasteiger partial charge in [0.1, 0.15) is 0 Å². The van der Waals surface area contributed by atoms with Crippen LogP contribution in [0.3, 0.4) is 0 Å². The Bertz CT molecular complexity index is 525. The monoisotopic (exact) mass is 298 g/mol. The van der Waals surface area contributed by atoms with Gasteiger partial charge in [-0.2, -0.15) is 4.31 Å². The Morgan fingerprint density at radius 2 is 1.90 bits per heavy atom. The third-order valence-electron chi connectivity index (χ3n) is 3.62. The highest BCUT2D eigenvalue weighted by Crippen LogP contribution is 2.23. The van der Waals surface area contributed by atoms with Gasteiger partial charge in [-0.05, 0) is 19.1 Å². The highest BCUT2D eigenvalue weighted by Gasteiger charge is 2.30. The number of aromatic nitrogens is 1. The molecule has 0 aliphatic carbocycles. The zero-order valence-electron chi connectivity index (χ0n) is 11.9. The fourth-order valence-electron chi connectivity index (χ4n) is 2.65. The van der Waals surface area contributed by atoms with Gasteiger partial charge in [-0.1, -0.05) is 6.07 Å². The van der Waals surface area contributed by atoms with E-state index in [0.29, 0.717) is 26.2 Å². The second kappa shape index (κ2) is 6.17. The van der Waals surface area contributed by atoms with Crippen LogP contribution in [0.4, 0.5) is 0 Å². The van der Waals surface area contributed by atoms with Crippen molar-refractivity contribution in [1.82, 2.24) is 14.2 Å². The molecule has 2 atom stereocenters. The normalized spacial score (nSPS) is 21.6. The Hall–Kier alpha value is -1.02. The van der Waals surface area contributed by atoms with Gasteiger partial charge in [0.2, 0.25) is 10.0 Å². The third-order valence-corrected chi connectivity index (χ3v) is 4.93. The van der Waals surface area contributed by atoms with Crippen molar-refractivity contribution in [2.75, 3.05) is 32.4 Å². The number of pyridine rings is 1. The van der Waals surface area contributed by atoms with E-state index in [0.717, 1.165) is 5.69 Å². The van der Waals surface area contributed by atoms with Gasteiger partial charge in [-0.15, -0.1) is 0 Å². The quantitative estimate of drug-likeness (QED) is 0.849. The van der Waals surface area contributed by atoms with Crippen molar-refractivity contribution in [1.29, 1.82) is 0 Å². The summed E-state index contributed by atoms with van der Waals surface area (Å²) in [6.45, 7) is 4.33. The van der Waals surface area contributed by atoms with Crippen LogP contribution >= 0.6 is 0 Å². The predicted molar refractivity (Wildman–Crippen MR) is 78.6 cm³/mol. The smallest absolute Gasteiger partial charge is 0.211 e. The molecule has 1 aliphatic heterocycles. The Kier molecular flexibility index (Phi) is 4.74. The molecule has 2 heterocycles. The van der Waals surface area contributed by atoms with Gasteiger partial charge in [0.05, 0.1) is 18.0 Å². The number of nitrogens with two attached hydrogens (primary N) is 1. The Balaban J connectivity index is 2.10. The average molecular weight is 298 g/mol. The SMILES string of the molecule is CC(N)C(c1ccccn1)N1CCN(S(C)(=O)=O)CC1. The first-order valence-electron chi connectivity index (χ1n) is 6.75. The van der Waals surface area contributed by atoms with Crippen LogP contribution < -0.4 is 5.73 Å². The number of sulfonamides is 1. The highest BCUT2D eigenvalue weighted by molar-refractivity contribution is 7.88. The molecule has 0 saturated carbocycles. The summed E-state index contributed by atoms with van der Waals surface area (Å²) in [6, 6.07) is 5.76. The lowest BCUT2D eigenvalue weighted by Gasteiger charge is -2.39. The number of rotatable bonds is 4. The summed E-state index contributed by atoms with van der Waals surface area (Å²) in [4.78, 5) is 6.61. The van der Waals surface area contributed by atoms with E-state index in [9.17, 15) is 8.42 Å². The summed E-state index contributed by atoms with van der Waals surface area (Å²) < 4.78 is 24.6. The van der Waals surface area contributed by atoms with Crippen molar-refractivity contribution in [2.45, 2.75) is 19.0 Å². The molecule has 2 unspecified atom stereocenters. The summed E-state index contributed by atoms with van der Waals surface area (Å²) in [5.41, 5.74) is 7.05. The second-order valence-electron chi connectivity index (χ2n) is 5.26. The standard InChI is InChI=1S/C13H22N4O2S/c1-11(14)13(12-5-3-4-6-15-12)16-7-9-17(10-8-16)20(2,18)19/h3-6,11,13H,7-10,14H2,1-2H3. The highest BCUT2D eigenvalue weighted by atomic mass is 32.2. The molecule has 2 rings (SSSR count). The van der Waals surface area contributed by atoms with Crippen molar-refractivity contribution in [3.8, 4) is 0 Å². The average Bonchev–Trinajstić information content (AvgIpc) is 2.39. The molecule has 7 heteroatoms. The van der Waals surface area contributed by atoms with E-state index in [1.54, 1.807) is 6.20 Å². The molecule has 1 aliphatic rings. The van der Waals surface area contributed by atoms with Crippen molar-refractivity contribution in [3.05, 3.63) is 30.1 Å². The summed E-state index contributed by atoms with van der Waals surface area (Å²) >= 11 is 0. The number of hydrogen-bond acceptors (Lipinski definition) is 5. The molecule has 0 spiro atoms. The van der Waals surface area contributed by atoms with Crippen LogP contribution in [0.5, 0.6) is 0 Å². The van der Waals surface area contributed by atoms with Crippen LogP contribution in [-0.2, 0) is 10.0 Å². The van der Waals surface area contributed by atoms with Gasteiger partial charge in [0.25, 0.3) is 0 Å². The molecule has 0 bridgehead atoms. The van der Waals surface area contributed by atoms with Gasteiger partial charge in [-0.25, -0.2) is 8.42 Å². The molecule has 2 N–H and O–H groups in total. The summed E-state index contributed by atoms with van der Waals surface area (Å²) in [7, 11) is -3.10. The number of piperazine rings is 1. The molecule has 1 fully saturated rings. The van der Waals surface area contributed by atoms with Crippen molar-refractivity contribution < 1.29 is 8.42 Å². The number of nitrogens with zero attached hydrogens (tertiary/aromatic N) is 3. The van der Waals surface area contributed by atoms with E-state index >= 15 is 0 Å². The van der Waals surface area contributed by atoms with E-state index in [1.165, 1.54) is 10.6 Å². The van der Waals surface area contributed by atoms with Gasteiger partial charge in [0.15, 0.2) is 0 Å². The fraction of sp³-hybridized carbons (Fsp3) is 0.615. The van der Waals surface area contributed by atoms with Gasteiger partial charge < -0.3 is 5.73 Å². The molecule has 0 amide bonds. The van der Waals surface area contributed by atoms with E-state index in [1.807, 2.05) is 25.1 Å². The van der Waals surface area contributed by atoms with Crippen LogP contribution in [0.25, 0.3) is 0 Å². The van der Waals surface area contributed by atoms with Crippen LogP contribution in [0.2, 0.25) is 0 Å². The van der Waals surface area contributed by atoms with Crippen molar-refractivity contribution in [2.24, 2.45) is 5.73 Å². The largest absolute Gasteiger partial charge is 0.326 e. The maximum atomic E-state index is 11.5. The topological polar surface area (TPSA) is 79.5 Å². The molecule has 1 saturated heterocycles. The molecule has 20 heavy (non-hydrogen) atoms. The first kappa shape index (κ1) is 15.4. The molecular formula is C13H22N4O2S. The fourth-order valence-corrected chi connectivity index (χ4v) is 3.48. The minimum Gasteiger partial charge on any atom is -0.326 e. The molecular weight excluding hydrogens is 276 g/mol. The van der Waals surface area contributed by atoms with Gasteiger partial charge in [-0.3, -0.25) is 9.88 Å².